The number of ether oxygens (including phenoxy) is 1. The number of rotatable bonds is 6. The third kappa shape index (κ3) is 7.93. The predicted octanol–water partition coefficient (Wildman–Crippen LogP) is 5.17. The number of anilines is 2. The lowest BCUT2D eigenvalue weighted by atomic mass is 10.1. The fourth-order valence-corrected chi connectivity index (χ4v) is 5.24. The number of urea groups is 1. The maximum Gasteiger partial charge on any atom is 0.416 e. The van der Waals surface area contributed by atoms with Crippen molar-refractivity contribution < 1.29 is 41.1 Å². The van der Waals surface area contributed by atoms with Crippen molar-refractivity contribution in [3.05, 3.63) is 52.2 Å². The number of aromatic nitrogens is 1. The van der Waals surface area contributed by atoms with Crippen molar-refractivity contribution in [2.75, 3.05) is 62.7 Å². The van der Waals surface area contributed by atoms with Gasteiger partial charge in [0, 0.05) is 58.1 Å². The number of amides is 4. The summed E-state index contributed by atoms with van der Waals surface area (Å²) >= 11 is 5.81. The minimum Gasteiger partial charge on any atom is -0.444 e. The van der Waals surface area contributed by atoms with Crippen LogP contribution in [0.2, 0.25) is 5.02 Å². The fourth-order valence-electron chi connectivity index (χ4n) is 5.08. The monoisotopic (exact) mass is 660 g/mol. The summed E-state index contributed by atoms with van der Waals surface area (Å²) in [5.41, 5.74) is -2.12. The molecule has 1 aromatic heterocycles. The SMILES string of the molecule is Cc1cc(C(F)(F)F)cc(N2C(=O)N(CCN3CCN(C(=O)OC(C)(C)C)CC3)C[C@H]2C(=O)N(C)c2cc(Cl)c(F)cc2F)n1. The highest BCUT2D eigenvalue weighted by atomic mass is 35.5. The molecule has 2 fully saturated rings. The molecule has 0 radical (unpaired) electrons. The smallest absolute Gasteiger partial charge is 0.416 e. The van der Waals surface area contributed by atoms with Crippen molar-refractivity contribution in [3.63, 3.8) is 0 Å². The standard InChI is InChI=1S/C29H34ClF5N6O4/c1-17-12-18(29(33,34)35)13-24(36-17)41-23(25(42)37(5)22-14-19(30)20(31)15-21(22)32)16-40(26(41)43)11-8-38-6-9-39(10-7-38)27(44)45-28(2,3)4/h12-15,23H,6-11,16H2,1-5H3/t23-/m0/s1. The van der Waals surface area contributed by atoms with Crippen molar-refractivity contribution in [1.29, 1.82) is 0 Å². The minimum atomic E-state index is -4.75. The molecule has 0 aliphatic carbocycles. The van der Waals surface area contributed by atoms with Crippen LogP contribution in [0.4, 0.5) is 43.0 Å². The van der Waals surface area contributed by atoms with E-state index < -0.39 is 63.9 Å². The maximum atomic E-state index is 14.7. The van der Waals surface area contributed by atoms with Crippen molar-refractivity contribution in [3.8, 4) is 0 Å². The molecule has 16 heteroatoms. The third-order valence-corrected chi connectivity index (χ3v) is 7.66. The molecule has 2 aliphatic rings. The number of hydrogen-bond donors (Lipinski definition) is 0. The number of carbonyl (C=O) groups is 3. The van der Waals surface area contributed by atoms with Crippen LogP contribution in [-0.4, -0.2) is 102 Å². The van der Waals surface area contributed by atoms with Gasteiger partial charge in [-0.2, -0.15) is 13.2 Å². The lowest BCUT2D eigenvalue weighted by molar-refractivity contribution is -0.137. The predicted molar refractivity (Wildman–Crippen MR) is 156 cm³/mol. The summed E-state index contributed by atoms with van der Waals surface area (Å²) in [4.78, 5) is 50.5. The molecule has 2 aromatic rings. The number of alkyl halides is 3. The van der Waals surface area contributed by atoms with Gasteiger partial charge in [0.05, 0.1) is 22.8 Å². The lowest BCUT2D eigenvalue weighted by Gasteiger charge is -2.36. The topological polar surface area (TPSA) is 89.5 Å². The zero-order valence-electron chi connectivity index (χ0n) is 25.4. The van der Waals surface area contributed by atoms with E-state index in [1.54, 1.807) is 25.7 Å². The molecular weight excluding hydrogens is 627 g/mol. The Morgan fingerprint density at radius 2 is 1.67 bits per heavy atom. The molecule has 2 aliphatic heterocycles. The van der Waals surface area contributed by atoms with E-state index in [1.165, 1.54) is 18.9 Å². The number of pyridine rings is 1. The van der Waals surface area contributed by atoms with E-state index in [2.05, 4.69) is 4.98 Å². The molecule has 246 valence electrons. The molecule has 4 rings (SSSR count). The second-order valence-electron chi connectivity index (χ2n) is 11.9. The summed E-state index contributed by atoms with van der Waals surface area (Å²) in [6.07, 6.45) is -5.18. The van der Waals surface area contributed by atoms with E-state index in [4.69, 9.17) is 16.3 Å². The van der Waals surface area contributed by atoms with Gasteiger partial charge in [-0.15, -0.1) is 0 Å². The maximum absolute atomic E-state index is 14.7. The van der Waals surface area contributed by atoms with Crippen LogP contribution in [0.1, 0.15) is 32.0 Å². The van der Waals surface area contributed by atoms with Gasteiger partial charge in [0.2, 0.25) is 0 Å². The summed E-state index contributed by atoms with van der Waals surface area (Å²) in [6.45, 7) is 8.59. The highest BCUT2D eigenvalue weighted by Gasteiger charge is 2.45. The molecular formula is C29H34ClF5N6O4. The van der Waals surface area contributed by atoms with E-state index in [1.807, 2.05) is 4.90 Å². The molecule has 4 amide bonds. The number of aryl methyl sites for hydroxylation is 1. The highest BCUT2D eigenvalue weighted by molar-refractivity contribution is 6.31. The molecule has 0 unspecified atom stereocenters. The largest absolute Gasteiger partial charge is 0.444 e. The Morgan fingerprint density at radius 1 is 1.02 bits per heavy atom. The summed E-state index contributed by atoms with van der Waals surface area (Å²) in [6, 6.07) is 0.749. The molecule has 0 saturated carbocycles. The number of carbonyl (C=O) groups excluding carboxylic acids is 3. The first-order chi connectivity index (χ1) is 20.9. The van der Waals surface area contributed by atoms with Gasteiger partial charge in [-0.05, 0) is 45.9 Å². The lowest BCUT2D eigenvalue weighted by Crippen LogP contribution is -2.51. The second kappa shape index (κ2) is 12.9. The first kappa shape index (κ1) is 34.2. The van der Waals surface area contributed by atoms with E-state index >= 15 is 0 Å². The summed E-state index contributed by atoms with van der Waals surface area (Å²) in [7, 11) is 1.19. The Balaban J connectivity index is 1.55. The Hall–Kier alpha value is -3.72. The van der Waals surface area contributed by atoms with Crippen molar-refractivity contribution >= 4 is 41.1 Å². The zero-order chi connectivity index (χ0) is 33.4. The van der Waals surface area contributed by atoms with Crippen LogP contribution in [0, 0.1) is 18.6 Å². The molecule has 0 spiro atoms. The molecule has 1 aromatic carbocycles. The van der Waals surface area contributed by atoms with E-state index in [-0.39, 0.29) is 24.5 Å². The fraction of sp³-hybridized carbons (Fsp3) is 0.517. The number of hydrogen-bond acceptors (Lipinski definition) is 6. The van der Waals surface area contributed by atoms with Gasteiger partial charge >= 0.3 is 18.3 Å². The van der Waals surface area contributed by atoms with E-state index in [9.17, 15) is 36.3 Å². The van der Waals surface area contributed by atoms with Crippen molar-refractivity contribution in [2.45, 2.75) is 45.5 Å². The van der Waals surface area contributed by atoms with Crippen LogP contribution in [-0.2, 0) is 15.7 Å². The molecule has 0 bridgehead atoms. The van der Waals surface area contributed by atoms with E-state index in [0.29, 0.717) is 44.9 Å². The number of piperazine rings is 1. The van der Waals surface area contributed by atoms with Crippen LogP contribution in [0.25, 0.3) is 0 Å². The third-order valence-electron chi connectivity index (χ3n) is 7.37. The minimum absolute atomic E-state index is 0.0372. The van der Waals surface area contributed by atoms with Gasteiger partial charge in [0.15, 0.2) is 0 Å². The van der Waals surface area contributed by atoms with Crippen LogP contribution >= 0.6 is 11.6 Å². The highest BCUT2D eigenvalue weighted by Crippen LogP contribution is 2.34. The number of halogens is 6. The van der Waals surface area contributed by atoms with Crippen molar-refractivity contribution in [2.24, 2.45) is 0 Å². The van der Waals surface area contributed by atoms with Gasteiger partial charge < -0.3 is 19.4 Å². The quantitative estimate of drug-likeness (QED) is 0.314. The Bertz CT molecular complexity index is 1460. The Morgan fingerprint density at radius 3 is 2.27 bits per heavy atom. The van der Waals surface area contributed by atoms with Gasteiger partial charge in [-0.25, -0.2) is 23.4 Å². The normalized spacial score (nSPS) is 18.1. The van der Waals surface area contributed by atoms with Crippen LogP contribution in [0.5, 0.6) is 0 Å². The van der Waals surface area contributed by atoms with Gasteiger partial charge in [-0.3, -0.25) is 14.6 Å². The van der Waals surface area contributed by atoms with Gasteiger partial charge in [0.1, 0.15) is 29.1 Å². The average molecular weight is 661 g/mol. The molecule has 0 N–H and O–H groups in total. The molecule has 1 atom stereocenters. The van der Waals surface area contributed by atoms with Crippen LogP contribution < -0.4 is 9.80 Å². The van der Waals surface area contributed by atoms with Crippen LogP contribution in [0.3, 0.4) is 0 Å². The van der Waals surface area contributed by atoms with Gasteiger partial charge in [-0.1, -0.05) is 11.6 Å². The average Bonchev–Trinajstić information content (AvgIpc) is 3.27. The zero-order valence-corrected chi connectivity index (χ0v) is 26.2. The second-order valence-corrected chi connectivity index (χ2v) is 12.3. The molecule has 2 saturated heterocycles. The number of nitrogens with zero attached hydrogens (tertiary/aromatic N) is 6. The summed E-state index contributed by atoms with van der Waals surface area (Å²) in [5.74, 6) is -3.39. The van der Waals surface area contributed by atoms with E-state index in [0.717, 1.165) is 21.9 Å². The van der Waals surface area contributed by atoms with Crippen molar-refractivity contribution in [1.82, 2.24) is 19.7 Å². The summed E-state index contributed by atoms with van der Waals surface area (Å²) in [5, 5.41) is -0.450. The molecule has 3 heterocycles. The Kier molecular flexibility index (Phi) is 9.83. The van der Waals surface area contributed by atoms with Crippen LogP contribution in [0.15, 0.2) is 24.3 Å². The first-order valence-corrected chi connectivity index (χ1v) is 14.5. The molecule has 45 heavy (non-hydrogen) atoms. The number of benzene rings is 1. The first-order valence-electron chi connectivity index (χ1n) is 14.1. The molecule has 10 nitrogen and oxygen atoms in total. The number of likely N-dealkylation sites (N-methyl/N-ethyl adjacent to an activating group) is 1. The van der Waals surface area contributed by atoms with Gasteiger partial charge in [0.25, 0.3) is 5.91 Å². The Labute approximate surface area is 262 Å². The summed E-state index contributed by atoms with van der Waals surface area (Å²) < 4.78 is 74.9.